The lowest BCUT2D eigenvalue weighted by atomic mass is 10.2. The van der Waals surface area contributed by atoms with Crippen molar-refractivity contribution < 1.29 is 9.47 Å². The Morgan fingerprint density at radius 3 is 2.74 bits per heavy atom. The molecule has 1 saturated carbocycles. The van der Waals surface area contributed by atoms with Gasteiger partial charge in [-0.05, 0) is 18.8 Å². The molecule has 0 saturated heterocycles. The van der Waals surface area contributed by atoms with Gasteiger partial charge in [-0.25, -0.2) is 4.98 Å². The number of ether oxygens (including phenoxy) is 2. The maximum atomic E-state index is 5.63. The van der Waals surface area contributed by atoms with Gasteiger partial charge in [0, 0.05) is 25.6 Å². The van der Waals surface area contributed by atoms with Crippen LogP contribution in [0.1, 0.15) is 38.4 Å². The fraction of sp³-hybridized carbons (Fsp3) is 0.714. The van der Waals surface area contributed by atoms with E-state index in [4.69, 9.17) is 9.47 Å². The predicted octanol–water partition coefficient (Wildman–Crippen LogP) is 2.45. The summed E-state index contributed by atoms with van der Waals surface area (Å²) >= 11 is 0. The Hall–Kier alpha value is -1.36. The standard InChI is InChI=1S/C14H23N3O2/c1-10(2)9-18-6-7-19-13-8-12(15-3)16-14(17-13)11-4-5-11/h8,10-11H,4-7,9H2,1-3H3,(H,15,16,17). The molecule has 1 aliphatic carbocycles. The summed E-state index contributed by atoms with van der Waals surface area (Å²) in [5, 5.41) is 3.04. The third-order valence-electron chi connectivity index (χ3n) is 2.85. The van der Waals surface area contributed by atoms with Gasteiger partial charge >= 0.3 is 0 Å². The molecule has 0 aromatic carbocycles. The van der Waals surface area contributed by atoms with Crippen LogP contribution in [0.15, 0.2) is 6.07 Å². The number of aromatic nitrogens is 2. The van der Waals surface area contributed by atoms with Crippen LogP contribution in [0.4, 0.5) is 5.82 Å². The molecule has 0 aliphatic heterocycles. The van der Waals surface area contributed by atoms with E-state index in [9.17, 15) is 0 Å². The minimum atomic E-state index is 0.521. The van der Waals surface area contributed by atoms with Gasteiger partial charge in [0.25, 0.3) is 0 Å². The highest BCUT2D eigenvalue weighted by Crippen LogP contribution is 2.39. The lowest BCUT2D eigenvalue weighted by molar-refractivity contribution is 0.0805. The van der Waals surface area contributed by atoms with Gasteiger partial charge in [-0.3, -0.25) is 0 Å². The molecule has 1 N–H and O–H groups in total. The lowest BCUT2D eigenvalue weighted by Crippen LogP contribution is -2.11. The summed E-state index contributed by atoms with van der Waals surface area (Å²) in [6.45, 7) is 6.15. The number of rotatable bonds is 8. The number of hydrogen-bond donors (Lipinski definition) is 1. The summed E-state index contributed by atoms with van der Waals surface area (Å²) < 4.78 is 11.1. The Labute approximate surface area is 114 Å². The molecule has 0 amide bonds. The van der Waals surface area contributed by atoms with Crippen molar-refractivity contribution in [2.75, 3.05) is 32.2 Å². The van der Waals surface area contributed by atoms with Gasteiger partial charge in [-0.2, -0.15) is 4.98 Å². The minimum absolute atomic E-state index is 0.521. The van der Waals surface area contributed by atoms with Crippen LogP contribution in [0.3, 0.4) is 0 Å². The van der Waals surface area contributed by atoms with Crippen molar-refractivity contribution >= 4 is 5.82 Å². The molecule has 0 radical (unpaired) electrons. The average molecular weight is 265 g/mol. The molecule has 5 nitrogen and oxygen atoms in total. The molecule has 0 atom stereocenters. The lowest BCUT2D eigenvalue weighted by Gasteiger charge is -2.10. The quantitative estimate of drug-likeness (QED) is 0.732. The first-order valence-electron chi connectivity index (χ1n) is 6.96. The van der Waals surface area contributed by atoms with Crippen molar-refractivity contribution in [1.82, 2.24) is 9.97 Å². The van der Waals surface area contributed by atoms with Gasteiger partial charge in [0.2, 0.25) is 5.88 Å². The molecule has 2 rings (SSSR count). The first kappa shape index (κ1) is 14.1. The van der Waals surface area contributed by atoms with Crippen LogP contribution in [0.2, 0.25) is 0 Å². The highest BCUT2D eigenvalue weighted by Gasteiger charge is 2.27. The topological polar surface area (TPSA) is 56.3 Å². The van der Waals surface area contributed by atoms with E-state index in [0.717, 1.165) is 18.2 Å². The van der Waals surface area contributed by atoms with E-state index in [0.29, 0.717) is 30.9 Å². The summed E-state index contributed by atoms with van der Waals surface area (Å²) in [4.78, 5) is 8.90. The van der Waals surface area contributed by atoms with Crippen LogP contribution in [0, 0.1) is 5.92 Å². The van der Waals surface area contributed by atoms with Gasteiger partial charge in [-0.15, -0.1) is 0 Å². The van der Waals surface area contributed by atoms with Crippen LogP contribution in [0.5, 0.6) is 5.88 Å². The van der Waals surface area contributed by atoms with E-state index in [-0.39, 0.29) is 0 Å². The molecule has 1 fully saturated rings. The minimum Gasteiger partial charge on any atom is -0.475 e. The van der Waals surface area contributed by atoms with Crippen molar-refractivity contribution in [2.24, 2.45) is 5.92 Å². The maximum Gasteiger partial charge on any atom is 0.218 e. The van der Waals surface area contributed by atoms with Gasteiger partial charge in [0.15, 0.2) is 0 Å². The molecule has 1 aromatic heterocycles. The summed E-state index contributed by atoms with van der Waals surface area (Å²) in [7, 11) is 1.86. The fourth-order valence-electron chi connectivity index (χ4n) is 1.69. The van der Waals surface area contributed by atoms with Crippen LogP contribution >= 0.6 is 0 Å². The van der Waals surface area contributed by atoms with Gasteiger partial charge in [0.05, 0.1) is 6.61 Å². The highest BCUT2D eigenvalue weighted by atomic mass is 16.5. The third-order valence-corrected chi connectivity index (χ3v) is 2.85. The van der Waals surface area contributed by atoms with Gasteiger partial charge < -0.3 is 14.8 Å². The zero-order chi connectivity index (χ0) is 13.7. The largest absolute Gasteiger partial charge is 0.475 e. The van der Waals surface area contributed by atoms with Crippen molar-refractivity contribution in [2.45, 2.75) is 32.6 Å². The van der Waals surface area contributed by atoms with E-state index in [2.05, 4.69) is 29.1 Å². The first-order valence-corrected chi connectivity index (χ1v) is 6.96. The molecule has 1 aromatic rings. The Kier molecular flexibility index (Phi) is 4.96. The average Bonchev–Trinajstić information content (AvgIpc) is 3.22. The van der Waals surface area contributed by atoms with Gasteiger partial charge in [0.1, 0.15) is 18.2 Å². The summed E-state index contributed by atoms with van der Waals surface area (Å²) in [5.74, 6) is 3.42. The van der Waals surface area contributed by atoms with E-state index >= 15 is 0 Å². The van der Waals surface area contributed by atoms with E-state index in [1.165, 1.54) is 12.8 Å². The number of hydrogen-bond acceptors (Lipinski definition) is 5. The molecular weight excluding hydrogens is 242 g/mol. The van der Waals surface area contributed by atoms with Gasteiger partial charge in [-0.1, -0.05) is 13.8 Å². The Balaban J connectivity index is 1.83. The number of nitrogens with zero attached hydrogens (tertiary/aromatic N) is 2. The second-order valence-electron chi connectivity index (χ2n) is 5.29. The van der Waals surface area contributed by atoms with E-state index in [1.54, 1.807) is 0 Å². The van der Waals surface area contributed by atoms with Crippen LogP contribution in [-0.2, 0) is 4.74 Å². The van der Waals surface area contributed by atoms with Crippen LogP contribution < -0.4 is 10.1 Å². The van der Waals surface area contributed by atoms with Crippen molar-refractivity contribution in [3.63, 3.8) is 0 Å². The van der Waals surface area contributed by atoms with Crippen molar-refractivity contribution in [3.8, 4) is 5.88 Å². The monoisotopic (exact) mass is 265 g/mol. The second kappa shape index (κ2) is 6.70. The van der Waals surface area contributed by atoms with Crippen LogP contribution in [0.25, 0.3) is 0 Å². The molecule has 106 valence electrons. The zero-order valence-electron chi connectivity index (χ0n) is 12.0. The number of anilines is 1. The Bertz CT molecular complexity index is 406. The van der Waals surface area contributed by atoms with E-state index < -0.39 is 0 Å². The number of nitrogens with one attached hydrogen (secondary N) is 1. The summed E-state index contributed by atoms with van der Waals surface area (Å²) in [5.41, 5.74) is 0. The summed E-state index contributed by atoms with van der Waals surface area (Å²) in [6, 6.07) is 1.83. The third kappa shape index (κ3) is 4.67. The van der Waals surface area contributed by atoms with Crippen molar-refractivity contribution in [1.29, 1.82) is 0 Å². The molecule has 1 heterocycles. The Morgan fingerprint density at radius 2 is 2.11 bits per heavy atom. The predicted molar refractivity (Wildman–Crippen MR) is 74.7 cm³/mol. The summed E-state index contributed by atoms with van der Waals surface area (Å²) in [6.07, 6.45) is 2.37. The van der Waals surface area contributed by atoms with Crippen LogP contribution in [-0.4, -0.2) is 36.8 Å². The highest BCUT2D eigenvalue weighted by molar-refractivity contribution is 5.38. The molecule has 0 bridgehead atoms. The second-order valence-corrected chi connectivity index (χ2v) is 5.29. The SMILES string of the molecule is CNc1cc(OCCOCC(C)C)nc(C2CC2)n1. The normalized spacial score (nSPS) is 14.7. The maximum absolute atomic E-state index is 5.63. The molecule has 0 unspecified atom stereocenters. The first-order chi connectivity index (χ1) is 9.19. The molecule has 1 aliphatic rings. The zero-order valence-corrected chi connectivity index (χ0v) is 12.0. The Morgan fingerprint density at radius 1 is 1.32 bits per heavy atom. The van der Waals surface area contributed by atoms with E-state index in [1.807, 2.05) is 13.1 Å². The molecule has 19 heavy (non-hydrogen) atoms. The molecular formula is C14H23N3O2. The molecule has 5 heteroatoms. The molecule has 0 spiro atoms. The smallest absolute Gasteiger partial charge is 0.218 e. The fourth-order valence-corrected chi connectivity index (χ4v) is 1.69. The van der Waals surface area contributed by atoms with Crippen molar-refractivity contribution in [3.05, 3.63) is 11.9 Å².